The summed E-state index contributed by atoms with van der Waals surface area (Å²) in [7, 11) is 0. The number of nitrogens with zero attached hydrogens (tertiary/aromatic N) is 1. The molecule has 3 heteroatoms. The van der Waals surface area contributed by atoms with E-state index in [0.29, 0.717) is 6.61 Å². The van der Waals surface area contributed by atoms with E-state index in [0.717, 1.165) is 19.5 Å². The summed E-state index contributed by atoms with van der Waals surface area (Å²) in [5.74, 6) is 0.0938. The minimum Gasteiger partial charge on any atom is -0.372 e. The summed E-state index contributed by atoms with van der Waals surface area (Å²) >= 11 is 0. The quantitative estimate of drug-likeness (QED) is 0.773. The van der Waals surface area contributed by atoms with E-state index in [2.05, 4.69) is 18.2 Å². The molecule has 1 heterocycles. The minimum absolute atomic E-state index is 0.0938. The number of ether oxygens (including phenoxy) is 1. The summed E-state index contributed by atoms with van der Waals surface area (Å²) in [6.07, 6.45) is 0.952. The highest BCUT2D eigenvalue weighted by Crippen LogP contribution is 2.18. The van der Waals surface area contributed by atoms with Gasteiger partial charge >= 0.3 is 0 Å². The average molecular weight is 219 g/mol. The molecule has 0 bridgehead atoms. The smallest absolute Gasteiger partial charge is 0.248 e. The second-order valence-corrected chi connectivity index (χ2v) is 3.97. The van der Waals surface area contributed by atoms with E-state index in [1.54, 1.807) is 0 Å². The zero-order valence-corrected chi connectivity index (χ0v) is 9.61. The largest absolute Gasteiger partial charge is 0.372 e. The third kappa shape index (κ3) is 2.42. The van der Waals surface area contributed by atoms with Crippen LogP contribution in [0.4, 0.5) is 0 Å². The van der Waals surface area contributed by atoms with Crippen molar-refractivity contribution in [2.24, 2.45) is 0 Å². The monoisotopic (exact) mass is 219 g/mol. The lowest BCUT2D eigenvalue weighted by Crippen LogP contribution is -2.38. The van der Waals surface area contributed by atoms with Gasteiger partial charge in [-0.15, -0.1) is 0 Å². The molecule has 0 saturated heterocycles. The van der Waals surface area contributed by atoms with Gasteiger partial charge in [0.25, 0.3) is 0 Å². The Balaban J connectivity index is 1.99. The fourth-order valence-electron chi connectivity index (χ4n) is 1.99. The van der Waals surface area contributed by atoms with Crippen molar-refractivity contribution in [3.05, 3.63) is 35.4 Å². The number of rotatable bonds is 3. The Labute approximate surface area is 96.0 Å². The number of benzene rings is 1. The van der Waals surface area contributed by atoms with E-state index < -0.39 is 0 Å². The van der Waals surface area contributed by atoms with Gasteiger partial charge in [-0.2, -0.15) is 0 Å². The Morgan fingerprint density at radius 2 is 2.12 bits per heavy atom. The van der Waals surface area contributed by atoms with E-state index in [1.807, 2.05) is 17.9 Å². The maximum Gasteiger partial charge on any atom is 0.248 e. The van der Waals surface area contributed by atoms with Crippen molar-refractivity contribution >= 4 is 5.91 Å². The SMILES string of the molecule is CCOCC(=O)N1CCc2ccccc2C1. The molecule has 0 aromatic heterocycles. The zero-order chi connectivity index (χ0) is 11.4. The second kappa shape index (κ2) is 5.12. The number of amides is 1. The molecule has 1 aromatic carbocycles. The second-order valence-electron chi connectivity index (χ2n) is 3.97. The summed E-state index contributed by atoms with van der Waals surface area (Å²) in [5, 5.41) is 0. The average Bonchev–Trinajstić information content (AvgIpc) is 2.35. The van der Waals surface area contributed by atoms with Crippen molar-refractivity contribution in [2.75, 3.05) is 19.8 Å². The molecule has 86 valence electrons. The van der Waals surface area contributed by atoms with E-state index in [4.69, 9.17) is 4.74 Å². The lowest BCUT2D eigenvalue weighted by molar-refractivity contribution is -0.136. The van der Waals surface area contributed by atoms with Crippen molar-refractivity contribution in [3.8, 4) is 0 Å². The summed E-state index contributed by atoms with van der Waals surface area (Å²) in [6.45, 7) is 4.23. The Hall–Kier alpha value is -1.35. The summed E-state index contributed by atoms with van der Waals surface area (Å²) < 4.78 is 5.15. The molecule has 1 aromatic rings. The topological polar surface area (TPSA) is 29.5 Å². The highest BCUT2D eigenvalue weighted by molar-refractivity contribution is 5.77. The van der Waals surface area contributed by atoms with Crippen LogP contribution in [0.25, 0.3) is 0 Å². The number of carbonyl (C=O) groups is 1. The summed E-state index contributed by atoms with van der Waals surface area (Å²) in [4.78, 5) is 13.6. The maximum absolute atomic E-state index is 11.8. The van der Waals surface area contributed by atoms with Crippen LogP contribution in [0.5, 0.6) is 0 Å². The number of carbonyl (C=O) groups excluding carboxylic acids is 1. The molecule has 0 N–H and O–H groups in total. The molecule has 2 rings (SSSR count). The van der Waals surface area contributed by atoms with Crippen LogP contribution in [0.2, 0.25) is 0 Å². The molecule has 0 saturated carbocycles. The van der Waals surface area contributed by atoms with Gasteiger partial charge in [-0.3, -0.25) is 4.79 Å². The molecule has 1 aliphatic heterocycles. The van der Waals surface area contributed by atoms with Crippen LogP contribution in [-0.4, -0.2) is 30.6 Å². The maximum atomic E-state index is 11.8. The molecular weight excluding hydrogens is 202 g/mol. The van der Waals surface area contributed by atoms with Crippen molar-refractivity contribution in [2.45, 2.75) is 19.9 Å². The molecule has 3 nitrogen and oxygen atoms in total. The predicted octanol–water partition coefficient (Wildman–Crippen LogP) is 1.61. The minimum atomic E-state index is 0.0938. The van der Waals surface area contributed by atoms with Crippen molar-refractivity contribution in [3.63, 3.8) is 0 Å². The third-order valence-corrected chi connectivity index (χ3v) is 2.91. The van der Waals surface area contributed by atoms with Crippen LogP contribution in [0.1, 0.15) is 18.1 Å². The summed E-state index contributed by atoms with van der Waals surface area (Å²) in [6, 6.07) is 8.31. The highest BCUT2D eigenvalue weighted by Gasteiger charge is 2.19. The van der Waals surface area contributed by atoms with Gasteiger partial charge in [0, 0.05) is 19.7 Å². The van der Waals surface area contributed by atoms with Gasteiger partial charge in [-0.25, -0.2) is 0 Å². The molecule has 1 amide bonds. The van der Waals surface area contributed by atoms with Crippen LogP contribution in [0, 0.1) is 0 Å². The molecule has 0 radical (unpaired) electrons. The molecule has 0 spiro atoms. The van der Waals surface area contributed by atoms with Gasteiger partial charge in [-0.1, -0.05) is 24.3 Å². The van der Waals surface area contributed by atoms with Crippen LogP contribution in [-0.2, 0) is 22.5 Å². The van der Waals surface area contributed by atoms with Gasteiger partial charge in [0.1, 0.15) is 6.61 Å². The lowest BCUT2D eigenvalue weighted by atomic mass is 10.00. The van der Waals surface area contributed by atoms with E-state index in [1.165, 1.54) is 11.1 Å². The van der Waals surface area contributed by atoms with E-state index in [9.17, 15) is 4.79 Å². The first-order chi connectivity index (χ1) is 7.81. The molecule has 0 aliphatic carbocycles. The molecule has 0 atom stereocenters. The Morgan fingerprint density at radius 3 is 2.88 bits per heavy atom. The Bertz CT molecular complexity index is 376. The number of fused-ring (bicyclic) bond motifs is 1. The van der Waals surface area contributed by atoms with Crippen LogP contribution < -0.4 is 0 Å². The van der Waals surface area contributed by atoms with Gasteiger partial charge in [0.05, 0.1) is 0 Å². The van der Waals surface area contributed by atoms with Gasteiger partial charge in [-0.05, 0) is 24.5 Å². The first kappa shape index (κ1) is 11.1. The molecule has 0 fully saturated rings. The van der Waals surface area contributed by atoms with Crippen LogP contribution >= 0.6 is 0 Å². The van der Waals surface area contributed by atoms with Gasteiger partial charge in [0.15, 0.2) is 0 Å². The molecule has 1 aliphatic rings. The van der Waals surface area contributed by atoms with Crippen molar-refractivity contribution < 1.29 is 9.53 Å². The lowest BCUT2D eigenvalue weighted by Gasteiger charge is -2.28. The molecular formula is C13H17NO2. The predicted molar refractivity (Wildman–Crippen MR) is 62.1 cm³/mol. The van der Waals surface area contributed by atoms with Crippen molar-refractivity contribution in [1.29, 1.82) is 0 Å². The van der Waals surface area contributed by atoms with E-state index in [-0.39, 0.29) is 12.5 Å². The van der Waals surface area contributed by atoms with Crippen molar-refractivity contribution in [1.82, 2.24) is 4.90 Å². The van der Waals surface area contributed by atoms with Crippen LogP contribution in [0.3, 0.4) is 0 Å². The third-order valence-electron chi connectivity index (χ3n) is 2.91. The van der Waals surface area contributed by atoms with Crippen LogP contribution in [0.15, 0.2) is 24.3 Å². The summed E-state index contributed by atoms with van der Waals surface area (Å²) in [5.41, 5.74) is 2.63. The first-order valence-electron chi connectivity index (χ1n) is 5.73. The standard InChI is InChI=1S/C13H17NO2/c1-2-16-10-13(15)14-8-7-11-5-3-4-6-12(11)9-14/h3-6H,2,7-10H2,1H3. The zero-order valence-electron chi connectivity index (χ0n) is 9.61. The molecule has 0 unspecified atom stereocenters. The Kier molecular flexibility index (Phi) is 3.57. The fourth-order valence-corrected chi connectivity index (χ4v) is 1.99. The molecule has 16 heavy (non-hydrogen) atoms. The Morgan fingerprint density at radius 1 is 1.38 bits per heavy atom. The number of hydrogen-bond donors (Lipinski definition) is 0. The normalized spacial score (nSPS) is 14.7. The number of hydrogen-bond acceptors (Lipinski definition) is 2. The van der Waals surface area contributed by atoms with Gasteiger partial charge in [0.2, 0.25) is 5.91 Å². The highest BCUT2D eigenvalue weighted by atomic mass is 16.5. The first-order valence-corrected chi connectivity index (χ1v) is 5.73. The fraction of sp³-hybridized carbons (Fsp3) is 0.462. The van der Waals surface area contributed by atoms with Gasteiger partial charge < -0.3 is 9.64 Å². The van der Waals surface area contributed by atoms with E-state index >= 15 is 0 Å².